The second-order valence-corrected chi connectivity index (χ2v) is 8.76. The van der Waals surface area contributed by atoms with Crippen LogP contribution >= 0.6 is 11.6 Å². The maximum Gasteiger partial charge on any atom is 0.233 e. The molecule has 1 N–H and O–H groups in total. The molecule has 0 aromatic heterocycles. The molecule has 0 aliphatic carbocycles. The van der Waals surface area contributed by atoms with Crippen molar-refractivity contribution in [1.29, 1.82) is 0 Å². The van der Waals surface area contributed by atoms with Crippen LogP contribution < -0.4 is 5.06 Å². The fourth-order valence-electron chi connectivity index (χ4n) is 3.02. The minimum absolute atomic E-state index is 0.0452. The Labute approximate surface area is 168 Å². The fourth-order valence-corrected chi connectivity index (χ4v) is 4.12. The van der Waals surface area contributed by atoms with Gasteiger partial charge < -0.3 is 4.74 Å². The Hall–Kier alpha value is -1.63. The third-order valence-electron chi connectivity index (χ3n) is 4.47. The number of hydroxylamine groups is 3. The Morgan fingerprint density at radius 2 is 2.00 bits per heavy atom. The third kappa shape index (κ3) is 4.50. The van der Waals surface area contributed by atoms with Crippen LogP contribution in [0.2, 0.25) is 5.02 Å². The average Bonchev–Trinajstić information content (AvgIpc) is 2.92. The topological polar surface area (TPSA) is 85.8 Å². The molecule has 9 nitrogen and oxygen atoms in total. The molecule has 3 rings (SSSR count). The molecule has 0 atom stereocenters. The number of anilines is 1. The van der Waals surface area contributed by atoms with E-state index in [-0.39, 0.29) is 17.4 Å². The third-order valence-corrected chi connectivity index (χ3v) is 5.91. The lowest BCUT2D eigenvalue weighted by Crippen LogP contribution is -2.44. The highest BCUT2D eigenvalue weighted by atomic mass is 35.5. The highest BCUT2D eigenvalue weighted by molar-refractivity contribution is 7.88. The summed E-state index contributed by atoms with van der Waals surface area (Å²) < 4.78 is 44.6. The van der Waals surface area contributed by atoms with Crippen molar-refractivity contribution in [3.05, 3.63) is 40.6 Å². The van der Waals surface area contributed by atoms with Crippen LogP contribution in [0, 0.1) is 5.82 Å². The first-order valence-electron chi connectivity index (χ1n) is 8.59. The van der Waals surface area contributed by atoms with Gasteiger partial charge in [-0.1, -0.05) is 16.8 Å². The summed E-state index contributed by atoms with van der Waals surface area (Å²) in [5.74, 6) is -0.646. The van der Waals surface area contributed by atoms with E-state index in [1.165, 1.54) is 17.2 Å². The van der Waals surface area contributed by atoms with E-state index in [0.717, 1.165) is 16.6 Å². The van der Waals surface area contributed by atoms with Gasteiger partial charge in [-0.05, 0) is 25.1 Å². The number of hydrogen-bond acceptors (Lipinski definition) is 8. The van der Waals surface area contributed by atoms with Crippen molar-refractivity contribution in [2.24, 2.45) is 0 Å². The van der Waals surface area contributed by atoms with Crippen LogP contribution in [0.5, 0.6) is 0 Å². The van der Waals surface area contributed by atoms with Crippen LogP contribution in [0.25, 0.3) is 0 Å². The number of sulfonamides is 1. The number of morpholine rings is 1. The van der Waals surface area contributed by atoms with E-state index in [2.05, 4.69) is 4.90 Å². The summed E-state index contributed by atoms with van der Waals surface area (Å²) in [6.45, 7) is 4.75. The standard InChI is InChI=1S/C16H22ClFN4O5S/c1-12-16(20(28(2,24)25)6-5-19-7-9-26-10-8-19)22(23)27-21(12)13-3-4-15(18)14(17)11-13/h3-4,11,23H,5-10H2,1-2H3. The van der Waals surface area contributed by atoms with Gasteiger partial charge in [-0.15, -0.1) is 4.94 Å². The molecule has 1 fully saturated rings. The molecule has 28 heavy (non-hydrogen) atoms. The van der Waals surface area contributed by atoms with Gasteiger partial charge in [-0.3, -0.25) is 10.1 Å². The van der Waals surface area contributed by atoms with Crippen LogP contribution in [0.1, 0.15) is 6.92 Å². The zero-order valence-corrected chi connectivity index (χ0v) is 17.1. The van der Waals surface area contributed by atoms with E-state index in [1.54, 1.807) is 6.92 Å². The van der Waals surface area contributed by atoms with Gasteiger partial charge in [-0.25, -0.2) is 17.1 Å². The number of benzene rings is 1. The maximum atomic E-state index is 13.4. The molecule has 1 aromatic rings. The summed E-state index contributed by atoms with van der Waals surface area (Å²) >= 11 is 5.81. The van der Waals surface area contributed by atoms with Crippen molar-refractivity contribution in [1.82, 2.24) is 14.4 Å². The first kappa shape index (κ1) is 21.1. The molecule has 1 aromatic carbocycles. The lowest BCUT2D eigenvalue weighted by Gasteiger charge is -2.30. The molecule has 0 unspecified atom stereocenters. The Bertz CT molecular complexity index is 863. The summed E-state index contributed by atoms with van der Waals surface area (Å²) in [6, 6.07) is 3.87. The van der Waals surface area contributed by atoms with Gasteiger partial charge in [0, 0.05) is 26.2 Å². The molecular weight excluding hydrogens is 415 g/mol. The molecular formula is C16H22ClFN4O5S. The quantitative estimate of drug-likeness (QED) is 0.720. The van der Waals surface area contributed by atoms with Gasteiger partial charge in [0.05, 0.1) is 35.9 Å². The van der Waals surface area contributed by atoms with Crippen LogP contribution in [0.3, 0.4) is 0 Å². The van der Waals surface area contributed by atoms with Crippen molar-refractivity contribution < 1.29 is 27.7 Å². The average molecular weight is 437 g/mol. The molecule has 0 amide bonds. The minimum atomic E-state index is -3.71. The smallest absolute Gasteiger partial charge is 0.233 e. The zero-order valence-electron chi connectivity index (χ0n) is 15.5. The predicted octanol–water partition coefficient (Wildman–Crippen LogP) is 1.62. The van der Waals surface area contributed by atoms with Crippen molar-refractivity contribution in [3.8, 4) is 0 Å². The number of ether oxygens (including phenoxy) is 1. The van der Waals surface area contributed by atoms with E-state index >= 15 is 0 Å². The van der Waals surface area contributed by atoms with Gasteiger partial charge in [0.2, 0.25) is 10.0 Å². The number of halogens is 2. The summed E-state index contributed by atoms with van der Waals surface area (Å²) in [5.41, 5.74) is 0.636. The molecule has 156 valence electrons. The molecule has 0 bridgehead atoms. The van der Waals surface area contributed by atoms with Gasteiger partial charge in [0.15, 0.2) is 5.82 Å². The van der Waals surface area contributed by atoms with Crippen LogP contribution in [0.4, 0.5) is 10.1 Å². The minimum Gasteiger partial charge on any atom is -0.379 e. The highest BCUT2D eigenvalue weighted by Gasteiger charge is 2.36. The molecule has 0 radical (unpaired) electrons. The van der Waals surface area contributed by atoms with E-state index in [1.807, 2.05) is 0 Å². The normalized spacial score (nSPS) is 18.9. The van der Waals surface area contributed by atoms with E-state index in [4.69, 9.17) is 21.3 Å². The second kappa shape index (κ2) is 8.39. The van der Waals surface area contributed by atoms with Crippen molar-refractivity contribution in [2.45, 2.75) is 6.92 Å². The summed E-state index contributed by atoms with van der Waals surface area (Å²) in [7, 11) is -3.71. The van der Waals surface area contributed by atoms with Crippen molar-refractivity contribution in [3.63, 3.8) is 0 Å². The molecule has 2 aliphatic rings. The first-order chi connectivity index (χ1) is 13.2. The maximum absolute atomic E-state index is 13.4. The molecule has 1 saturated heterocycles. The summed E-state index contributed by atoms with van der Waals surface area (Å²) in [4.78, 5) is 7.34. The Morgan fingerprint density at radius 1 is 1.32 bits per heavy atom. The number of rotatable bonds is 6. The van der Waals surface area contributed by atoms with Gasteiger partial charge in [0.1, 0.15) is 5.82 Å². The number of hydrogen-bond donors (Lipinski definition) is 1. The fraction of sp³-hybridized carbons (Fsp3) is 0.500. The second-order valence-electron chi connectivity index (χ2n) is 6.45. The Morgan fingerprint density at radius 3 is 2.61 bits per heavy atom. The molecule has 2 heterocycles. The number of allylic oxidation sites excluding steroid dienone is 1. The van der Waals surface area contributed by atoms with Gasteiger partial charge >= 0.3 is 0 Å². The van der Waals surface area contributed by atoms with E-state index < -0.39 is 15.8 Å². The molecule has 12 heteroatoms. The molecule has 2 aliphatic heterocycles. The summed E-state index contributed by atoms with van der Waals surface area (Å²) in [6.07, 6.45) is 1.05. The SMILES string of the molecule is CC1=C(N(CCN2CCOCC2)S(C)(=O)=O)N(O)ON1c1ccc(F)c(Cl)c1. The van der Waals surface area contributed by atoms with Crippen LogP contribution in [-0.4, -0.2) is 73.7 Å². The monoisotopic (exact) mass is 436 g/mol. The van der Waals surface area contributed by atoms with E-state index in [0.29, 0.717) is 49.5 Å². The lowest BCUT2D eigenvalue weighted by atomic mass is 10.3. The van der Waals surface area contributed by atoms with Gasteiger partial charge in [-0.2, -0.15) is 5.06 Å². The molecule has 0 spiro atoms. The molecule has 0 saturated carbocycles. The highest BCUT2D eigenvalue weighted by Crippen LogP contribution is 2.33. The number of nitrogens with zero attached hydrogens (tertiary/aromatic N) is 4. The predicted molar refractivity (Wildman–Crippen MR) is 100 cm³/mol. The summed E-state index contributed by atoms with van der Waals surface area (Å²) in [5, 5.41) is 11.7. The van der Waals surface area contributed by atoms with Crippen LogP contribution in [-0.2, 0) is 19.7 Å². The van der Waals surface area contributed by atoms with E-state index in [9.17, 15) is 18.0 Å². The zero-order chi connectivity index (χ0) is 20.5. The Balaban J connectivity index is 1.86. The first-order valence-corrected chi connectivity index (χ1v) is 10.8. The lowest BCUT2D eigenvalue weighted by molar-refractivity contribution is -0.310. The van der Waals surface area contributed by atoms with Crippen molar-refractivity contribution in [2.75, 3.05) is 50.7 Å². The van der Waals surface area contributed by atoms with Crippen LogP contribution in [0.15, 0.2) is 29.7 Å². The van der Waals surface area contributed by atoms with Crippen molar-refractivity contribution >= 4 is 27.3 Å². The Kier molecular flexibility index (Phi) is 6.32. The van der Waals surface area contributed by atoms with Gasteiger partial charge in [0.25, 0.3) is 0 Å². The largest absolute Gasteiger partial charge is 0.379 e.